The molecule has 1 atom stereocenters. The highest BCUT2D eigenvalue weighted by Gasteiger charge is 2.25. The van der Waals surface area contributed by atoms with E-state index in [4.69, 9.17) is 4.74 Å². The lowest BCUT2D eigenvalue weighted by atomic mass is 10.1. The van der Waals surface area contributed by atoms with Gasteiger partial charge in [0, 0.05) is 19.2 Å². The molecule has 0 saturated carbocycles. The molecule has 114 valence electrons. The molecule has 21 heavy (non-hydrogen) atoms. The first-order valence-corrected chi connectivity index (χ1v) is 6.99. The summed E-state index contributed by atoms with van der Waals surface area (Å²) in [5, 5.41) is 12.4. The van der Waals surface area contributed by atoms with Crippen molar-refractivity contribution in [3.63, 3.8) is 0 Å². The zero-order chi connectivity index (χ0) is 15.4. The van der Waals surface area contributed by atoms with Gasteiger partial charge in [-0.2, -0.15) is 0 Å². The predicted molar refractivity (Wildman–Crippen MR) is 77.4 cm³/mol. The Bertz CT molecular complexity index is 538. The number of nitrogens with one attached hydrogen (secondary N) is 1. The Kier molecular flexibility index (Phi) is 4.67. The summed E-state index contributed by atoms with van der Waals surface area (Å²) in [6, 6.07) is 3.80. The molecule has 2 rings (SSSR count). The Labute approximate surface area is 123 Å². The van der Waals surface area contributed by atoms with E-state index in [0.717, 1.165) is 25.9 Å². The third-order valence-corrected chi connectivity index (χ3v) is 3.59. The van der Waals surface area contributed by atoms with Crippen LogP contribution in [0.5, 0.6) is 11.5 Å². The van der Waals surface area contributed by atoms with Gasteiger partial charge >= 0.3 is 0 Å². The van der Waals surface area contributed by atoms with Crippen LogP contribution in [-0.4, -0.2) is 48.1 Å². The summed E-state index contributed by atoms with van der Waals surface area (Å²) in [6.07, 6.45) is 2.01. The average molecular weight is 292 g/mol. The Morgan fingerprint density at radius 1 is 1.33 bits per heavy atom. The number of methoxy groups -OCH3 is 1. The minimum atomic E-state index is -0.614. The van der Waals surface area contributed by atoms with Crippen molar-refractivity contribution in [2.75, 3.05) is 20.2 Å². The summed E-state index contributed by atoms with van der Waals surface area (Å²) >= 11 is 0. The van der Waals surface area contributed by atoms with E-state index in [0.29, 0.717) is 5.75 Å². The molecule has 6 nitrogen and oxygen atoms in total. The van der Waals surface area contributed by atoms with E-state index in [-0.39, 0.29) is 17.2 Å². The minimum absolute atomic E-state index is 0.0890. The van der Waals surface area contributed by atoms with Gasteiger partial charge in [0.05, 0.1) is 12.7 Å². The molecule has 1 aromatic carbocycles. The molecule has 1 aliphatic rings. The van der Waals surface area contributed by atoms with E-state index in [9.17, 15) is 14.7 Å². The van der Waals surface area contributed by atoms with Crippen LogP contribution >= 0.6 is 0 Å². The normalized spacial score (nSPS) is 15.6. The molecule has 1 aliphatic heterocycles. The van der Waals surface area contributed by atoms with Crippen LogP contribution in [0.4, 0.5) is 0 Å². The summed E-state index contributed by atoms with van der Waals surface area (Å²) < 4.78 is 4.96. The fraction of sp³-hybridized carbons (Fsp3) is 0.467. The number of rotatable bonds is 4. The van der Waals surface area contributed by atoms with E-state index < -0.39 is 11.9 Å². The lowest BCUT2D eigenvalue weighted by Crippen LogP contribution is -2.45. The number of nitrogens with zero attached hydrogens (tertiary/aromatic N) is 1. The fourth-order valence-electron chi connectivity index (χ4n) is 2.38. The Balaban J connectivity index is 2.01. The topological polar surface area (TPSA) is 78.9 Å². The highest BCUT2D eigenvalue weighted by atomic mass is 16.5. The summed E-state index contributed by atoms with van der Waals surface area (Å²) in [5.74, 6) is -0.276. The van der Waals surface area contributed by atoms with Gasteiger partial charge in [0.25, 0.3) is 5.91 Å². The first-order valence-electron chi connectivity index (χ1n) is 6.99. The summed E-state index contributed by atoms with van der Waals surface area (Å²) in [6.45, 7) is 3.14. The van der Waals surface area contributed by atoms with Gasteiger partial charge in [-0.3, -0.25) is 9.59 Å². The molecular weight excluding hydrogens is 272 g/mol. The number of likely N-dealkylation sites (tertiary alicyclic amines) is 1. The van der Waals surface area contributed by atoms with E-state index in [1.807, 2.05) is 0 Å². The smallest absolute Gasteiger partial charge is 0.255 e. The second kappa shape index (κ2) is 6.47. The number of benzene rings is 1. The molecule has 1 saturated heterocycles. The van der Waals surface area contributed by atoms with E-state index in [1.54, 1.807) is 17.9 Å². The fourth-order valence-corrected chi connectivity index (χ4v) is 2.38. The molecule has 0 bridgehead atoms. The van der Waals surface area contributed by atoms with Crippen LogP contribution in [0.25, 0.3) is 0 Å². The maximum absolute atomic E-state index is 12.1. The summed E-state index contributed by atoms with van der Waals surface area (Å²) in [7, 11) is 1.48. The van der Waals surface area contributed by atoms with Crippen LogP contribution in [0.15, 0.2) is 18.2 Å². The van der Waals surface area contributed by atoms with Gasteiger partial charge in [-0.25, -0.2) is 0 Å². The predicted octanol–water partition coefficient (Wildman–Crippen LogP) is 1.14. The quantitative estimate of drug-likeness (QED) is 0.872. The number of hydrogen-bond donors (Lipinski definition) is 2. The monoisotopic (exact) mass is 292 g/mol. The number of aromatic hydroxyl groups is 1. The Morgan fingerprint density at radius 3 is 2.57 bits per heavy atom. The minimum Gasteiger partial charge on any atom is -0.507 e. The van der Waals surface area contributed by atoms with Crippen LogP contribution in [0.3, 0.4) is 0 Å². The van der Waals surface area contributed by atoms with Crippen molar-refractivity contribution < 1.29 is 19.4 Å². The molecule has 1 unspecified atom stereocenters. The highest BCUT2D eigenvalue weighted by Crippen LogP contribution is 2.23. The van der Waals surface area contributed by atoms with Crippen LogP contribution < -0.4 is 10.1 Å². The van der Waals surface area contributed by atoms with Gasteiger partial charge in [0.2, 0.25) is 5.91 Å². The van der Waals surface area contributed by atoms with E-state index >= 15 is 0 Å². The van der Waals surface area contributed by atoms with Crippen LogP contribution in [0.2, 0.25) is 0 Å². The Morgan fingerprint density at radius 2 is 2.00 bits per heavy atom. The number of carbonyl (C=O) groups excluding carboxylic acids is 2. The van der Waals surface area contributed by atoms with Crippen LogP contribution in [-0.2, 0) is 4.79 Å². The first kappa shape index (κ1) is 15.2. The molecule has 2 N–H and O–H groups in total. The molecule has 1 heterocycles. The molecule has 0 aliphatic carbocycles. The second-order valence-electron chi connectivity index (χ2n) is 5.11. The molecule has 0 spiro atoms. The number of ether oxygens (including phenoxy) is 1. The lowest BCUT2D eigenvalue weighted by Gasteiger charge is -2.21. The summed E-state index contributed by atoms with van der Waals surface area (Å²) in [4.78, 5) is 26.0. The number of carbonyl (C=O) groups is 2. The zero-order valence-corrected chi connectivity index (χ0v) is 12.3. The maximum atomic E-state index is 12.1. The number of amides is 2. The SMILES string of the molecule is COc1ccc(C(=O)NC(C)C(=O)N2CCCC2)c(O)c1. The van der Waals surface area contributed by atoms with Gasteiger partial charge in [0.1, 0.15) is 17.5 Å². The van der Waals surface area contributed by atoms with Crippen molar-refractivity contribution in [3.8, 4) is 11.5 Å². The highest BCUT2D eigenvalue weighted by molar-refractivity contribution is 5.99. The molecule has 1 fully saturated rings. The number of phenols is 1. The van der Waals surface area contributed by atoms with Crippen molar-refractivity contribution in [1.29, 1.82) is 0 Å². The largest absolute Gasteiger partial charge is 0.507 e. The molecule has 6 heteroatoms. The molecular formula is C15H20N2O4. The second-order valence-corrected chi connectivity index (χ2v) is 5.11. The van der Waals surface area contributed by atoms with E-state index in [1.165, 1.54) is 19.2 Å². The van der Waals surface area contributed by atoms with Gasteiger partial charge in [0.15, 0.2) is 0 Å². The van der Waals surface area contributed by atoms with Crippen molar-refractivity contribution in [1.82, 2.24) is 10.2 Å². The first-order chi connectivity index (χ1) is 10.0. The third-order valence-electron chi connectivity index (χ3n) is 3.59. The Hall–Kier alpha value is -2.24. The van der Waals surface area contributed by atoms with Crippen molar-refractivity contribution in [2.24, 2.45) is 0 Å². The third kappa shape index (κ3) is 3.45. The van der Waals surface area contributed by atoms with Crippen molar-refractivity contribution in [3.05, 3.63) is 23.8 Å². The van der Waals surface area contributed by atoms with Crippen LogP contribution in [0.1, 0.15) is 30.1 Å². The molecule has 0 radical (unpaired) electrons. The number of phenolic OH excluding ortho intramolecular Hbond substituents is 1. The van der Waals surface area contributed by atoms with Gasteiger partial charge < -0.3 is 20.1 Å². The molecule has 0 aromatic heterocycles. The number of hydrogen-bond acceptors (Lipinski definition) is 4. The van der Waals surface area contributed by atoms with Gasteiger partial charge in [-0.15, -0.1) is 0 Å². The van der Waals surface area contributed by atoms with Crippen LogP contribution in [0, 0.1) is 0 Å². The van der Waals surface area contributed by atoms with Gasteiger partial charge in [-0.05, 0) is 31.9 Å². The van der Waals surface area contributed by atoms with Gasteiger partial charge in [-0.1, -0.05) is 0 Å². The van der Waals surface area contributed by atoms with Crippen molar-refractivity contribution in [2.45, 2.75) is 25.8 Å². The average Bonchev–Trinajstić information content (AvgIpc) is 3.00. The zero-order valence-electron chi connectivity index (χ0n) is 12.3. The van der Waals surface area contributed by atoms with Crippen molar-refractivity contribution >= 4 is 11.8 Å². The lowest BCUT2D eigenvalue weighted by molar-refractivity contribution is -0.131. The summed E-state index contributed by atoms with van der Waals surface area (Å²) in [5.41, 5.74) is 0.122. The van der Waals surface area contributed by atoms with E-state index in [2.05, 4.69) is 5.32 Å². The molecule has 2 amide bonds. The maximum Gasteiger partial charge on any atom is 0.255 e. The molecule has 1 aromatic rings. The standard InChI is InChI=1S/C15H20N2O4/c1-10(15(20)17-7-3-4-8-17)16-14(19)12-6-5-11(21-2)9-13(12)18/h5-6,9-10,18H,3-4,7-8H2,1-2H3,(H,16,19).